The molecule has 2 N–H and O–H groups in total. The highest BCUT2D eigenvalue weighted by Gasteiger charge is 2.07. The Kier molecular flexibility index (Phi) is 7.14. The Labute approximate surface area is 108 Å². The third kappa shape index (κ3) is 4.95. The van der Waals surface area contributed by atoms with Gasteiger partial charge >= 0.3 is 0 Å². The minimum absolute atomic E-state index is 0. The Morgan fingerprint density at radius 1 is 1.18 bits per heavy atom. The fraction of sp³-hybridized carbons (Fsp3) is 0.417. The smallest absolute Gasteiger partial charge is 0.221 e. The summed E-state index contributed by atoms with van der Waals surface area (Å²) in [7, 11) is 0. The summed E-state index contributed by atoms with van der Waals surface area (Å²) in [5.41, 5.74) is 5.97. The number of ether oxygens (including phenoxy) is 2. The summed E-state index contributed by atoms with van der Waals surface area (Å²) >= 11 is 0. The maximum atomic E-state index is 10.8. The molecule has 0 aromatic heterocycles. The van der Waals surface area contributed by atoms with E-state index in [-0.39, 0.29) is 24.7 Å². The van der Waals surface area contributed by atoms with Crippen molar-refractivity contribution in [1.82, 2.24) is 0 Å². The number of hydrogen-bond donors (Lipinski definition) is 1. The summed E-state index contributed by atoms with van der Waals surface area (Å²) in [6.07, 6.45) is 0.215. The van der Waals surface area contributed by atoms with Gasteiger partial charge in [-0.05, 0) is 31.5 Å². The van der Waals surface area contributed by atoms with E-state index < -0.39 is 0 Å². The largest absolute Gasteiger partial charge is 0.490 e. The standard InChI is InChI=1S/C12H17NO3.ClH/c1-3-15-10-6-5-9(8-12(13)14)7-11(10)16-4-2;/h5-7H,3-4,8H2,1-2H3,(H2,13,14);1H. The van der Waals surface area contributed by atoms with Gasteiger partial charge in [-0.2, -0.15) is 0 Å². The summed E-state index contributed by atoms with van der Waals surface area (Å²) in [5.74, 6) is 0.993. The number of primary amides is 1. The number of halogens is 1. The van der Waals surface area contributed by atoms with Crippen molar-refractivity contribution in [1.29, 1.82) is 0 Å². The molecule has 1 aromatic rings. The highest BCUT2D eigenvalue weighted by molar-refractivity contribution is 5.85. The van der Waals surface area contributed by atoms with Crippen LogP contribution >= 0.6 is 12.4 Å². The van der Waals surface area contributed by atoms with E-state index in [9.17, 15) is 4.79 Å². The molecule has 0 aliphatic heterocycles. The molecule has 0 radical (unpaired) electrons. The number of hydrogen-bond acceptors (Lipinski definition) is 3. The van der Waals surface area contributed by atoms with E-state index in [1.165, 1.54) is 0 Å². The van der Waals surface area contributed by atoms with Crippen LogP contribution < -0.4 is 15.2 Å². The van der Waals surface area contributed by atoms with Crippen LogP contribution in [-0.4, -0.2) is 19.1 Å². The molecular weight excluding hydrogens is 242 g/mol. The fourth-order valence-electron chi connectivity index (χ4n) is 1.41. The Morgan fingerprint density at radius 3 is 2.29 bits per heavy atom. The van der Waals surface area contributed by atoms with Gasteiger partial charge in [0.05, 0.1) is 19.6 Å². The summed E-state index contributed by atoms with van der Waals surface area (Å²) in [6.45, 7) is 4.94. The van der Waals surface area contributed by atoms with Crippen LogP contribution in [0, 0.1) is 0 Å². The van der Waals surface area contributed by atoms with Gasteiger partial charge in [0.2, 0.25) is 5.91 Å². The number of carbonyl (C=O) groups is 1. The minimum Gasteiger partial charge on any atom is -0.490 e. The molecule has 0 saturated carbocycles. The Morgan fingerprint density at radius 2 is 1.76 bits per heavy atom. The van der Waals surface area contributed by atoms with Crippen molar-refractivity contribution in [2.75, 3.05) is 13.2 Å². The zero-order valence-electron chi connectivity index (χ0n) is 10.1. The molecule has 1 amide bonds. The molecule has 0 spiro atoms. The van der Waals surface area contributed by atoms with Crippen LogP contribution in [0.2, 0.25) is 0 Å². The number of benzene rings is 1. The van der Waals surface area contributed by atoms with E-state index in [1.807, 2.05) is 19.9 Å². The molecule has 0 aliphatic carbocycles. The Balaban J connectivity index is 0.00000256. The highest BCUT2D eigenvalue weighted by Crippen LogP contribution is 2.28. The average molecular weight is 260 g/mol. The molecule has 0 aliphatic rings. The monoisotopic (exact) mass is 259 g/mol. The van der Waals surface area contributed by atoms with Crippen molar-refractivity contribution >= 4 is 18.3 Å². The van der Waals surface area contributed by atoms with Crippen molar-refractivity contribution in [2.45, 2.75) is 20.3 Å². The molecule has 0 unspecified atom stereocenters. The van der Waals surface area contributed by atoms with Crippen LogP contribution in [0.15, 0.2) is 18.2 Å². The molecule has 0 heterocycles. The molecule has 1 rings (SSSR count). The van der Waals surface area contributed by atoms with Gasteiger partial charge in [-0.15, -0.1) is 12.4 Å². The van der Waals surface area contributed by atoms with E-state index in [0.29, 0.717) is 24.7 Å². The lowest BCUT2D eigenvalue weighted by Gasteiger charge is -2.11. The van der Waals surface area contributed by atoms with Crippen LogP contribution in [0.1, 0.15) is 19.4 Å². The first-order chi connectivity index (χ1) is 7.67. The molecule has 0 atom stereocenters. The normalized spacial score (nSPS) is 9.29. The molecule has 96 valence electrons. The zero-order valence-corrected chi connectivity index (χ0v) is 10.9. The number of nitrogens with two attached hydrogens (primary N) is 1. The second kappa shape index (κ2) is 7.79. The SMILES string of the molecule is CCOc1ccc(CC(N)=O)cc1OCC.Cl. The first-order valence-electron chi connectivity index (χ1n) is 5.34. The summed E-state index contributed by atoms with van der Waals surface area (Å²) in [5, 5.41) is 0. The quantitative estimate of drug-likeness (QED) is 0.849. The van der Waals surface area contributed by atoms with Crippen molar-refractivity contribution in [2.24, 2.45) is 5.73 Å². The molecule has 0 bridgehead atoms. The topological polar surface area (TPSA) is 61.5 Å². The molecular formula is C12H18ClNO3. The van der Waals surface area contributed by atoms with Crippen LogP contribution in [-0.2, 0) is 11.2 Å². The van der Waals surface area contributed by atoms with Gasteiger partial charge in [-0.25, -0.2) is 0 Å². The van der Waals surface area contributed by atoms with E-state index in [0.717, 1.165) is 5.56 Å². The van der Waals surface area contributed by atoms with Gasteiger partial charge in [0.15, 0.2) is 11.5 Å². The first-order valence-corrected chi connectivity index (χ1v) is 5.34. The van der Waals surface area contributed by atoms with Gasteiger partial charge in [-0.1, -0.05) is 6.07 Å². The third-order valence-corrected chi connectivity index (χ3v) is 1.99. The fourth-order valence-corrected chi connectivity index (χ4v) is 1.41. The maximum Gasteiger partial charge on any atom is 0.221 e. The van der Waals surface area contributed by atoms with Crippen molar-refractivity contribution in [3.8, 4) is 11.5 Å². The highest BCUT2D eigenvalue weighted by atomic mass is 35.5. The Bertz CT molecular complexity index is 369. The summed E-state index contributed by atoms with van der Waals surface area (Å²) < 4.78 is 10.8. The van der Waals surface area contributed by atoms with Crippen molar-refractivity contribution in [3.05, 3.63) is 23.8 Å². The second-order valence-electron chi connectivity index (χ2n) is 3.29. The van der Waals surface area contributed by atoms with Crippen LogP contribution in [0.25, 0.3) is 0 Å². The van der Waals surface area contributed by atoms with E-state index in [2.05, 4.69) is 0 Å². The van der Waals surface area contributed by atoms with Gasteiger partial charge in [0.25, 0.3) is 0 Å². The average Bonchev–Trinajstić information content (AvgIpc) is 2.21. The van der Waals surface area contributed by atoms with E-state index in [1.54, 1.807) is 12.1 Å². The van der Waals surface area contributed by atoms with Gasteiger partial charge in [0.1, 0.15) is 0 Å². The van der Waals surface area contributed by atoms with E-state index in [4.69, 9.17) is 15.2 Å². The first kappa shape index (κ1) is 15.6. The van der Waals surface area contributed by atoms with Crippen LogP contribution in [0.4, 0.5) is 0 Å². The van der Waals surface area contributed by atoms with Gasteiger partial charge in [0, 0.05) is 0 Å². The third-order valence-electron chi connectivity index (χ3n) is 1.99. The molecule has 0 fully saturated rings. The molecule has 4 nitrogen and oxygen atoms in total. The van der Waals surface area contributed by atoms with E-state index >= 15 is 0 Å². The lowest BCUT2D eigenvalue weighted by molar-refractivity contribution is -0.117. The zero-order chi connectivity index (χ0) is 12.0. The molecule has 17 heavy (non-hydrogen) atoms. The van der Waals surface area contributed by atoms with Gasteiger partial charge in [-0.3, -0.25) is 4.79 Å². The number of carbonyl (C=O) groups excluding carboxylic acids is 1. The molecule has 0 saturated heterocycles. The maximum absolute atomic E-state index is 10.8. The predicted octanol–water partition coefficient (Wildman–Crippen LogP) is 1.93. The molecule has 5 heteroatoms. The predicted molar refractivity (Wildman–Crippen MR) is 68.9 cm³/mol. The number of rotatable bonds is 6. The lowest BCUT2D eigenvalue weighted by Crippen LogP contribution is -2.13. The summed E-state index contributed by atoms with van der Waals surface area (Å²) in [6, 6.07) is 5.41. The second-order valence-corrected chi connectivity index (χ2v) is 3.29. The minimum atomic E-state index is -0.355. The Hall–Kier alpha value is -1.42. The molecule has 1 aromatic carbocycles. The van der Waals surface area contributed by atoms with Crippen LogP contribution in [0.5, 0.6) is 11.5 Å². The van der Waals surface area contributed by atoms with Crippen molar-refractivity contribution < 1.29 is 14.3 Å². The number of amides is 1. The van der Waals surface area contributed by atoms with Gasteiger partial charge < -0.3 is 15.2 Å². The lowest BCUT2D eigenvalue weighted by atomic mass is 10.1. The van der Waals surface area contributed by atoms with Crippen molar-refractivity contribution in [3.63, 3.8) is 0 Å². The summed E-state index contributed by atoms with van der Waals surface area (Å²) in [4.78, 5) is 10.8. The van der Waals surface area contributed by atoms with Crippen LogP contribution in [0.3, 0.4) is 0 Å².